The number of aromatic nitrogens is 1. The van der Waals surface area contributed by atoms with Crippen LogP contribution in [-0.2, 0) is 6.42 Å². The first-order chi connectivity index (χ1) is 7.81. The maximum atomic E-state index is 4.50. The van der Waals surface area contributed by atoms with Crippen LogP contribution in [0.15, 0.2) is 42.6 Å². The van der Waals surface area contributed by atoms with Crippen LogP contribution in [0, 0.1) is 6.92 Å². The van der Waals surface area contributed by atoms with E-state index in [9.17, 15) is 0 Å². The number of rotatable bonds is 3. The monoisotopic (exact) mass is 211 g/mol. The lowest BCUT2D eigenvalue weighted by Gasteiger charge is -2.07. The highest BCUT2D eigenvalue weighted by molar-refractivity contribution is 5.63. The summed E-state index contributed by atoms with van der Waals surface area (Å²) in [5.41, 5.74) is 4.98. The highest BCUT2D eigenvalue weighted by atomic mass is 14.7. The first-order valence-corrected chi connectivity index (χ1v) is 5.82. The number of aryl methyl sites for hydroxylation is 2. The minimum Gasteiger partial charge on any atom is -0.256 e. The Morgan fingerprint density at radius 3 is 2.50 bits per heavy atom. The van der Waals surface area contributed by atoms with Gasteiger partial charge in [0.05, 0.1) is 5.69 Å². The molecule has 2 aromatic rings. The molecule has 0 aliphatic heterocycles. The van der Waals surface area contributed by atoms with Crippen molar-refractivity contribution in [1.29, 1.82) is 0 Å². The average Bonchev–Trinajstić information content (AvgIpc) is 2.32. The molecule has 0 N–H and O–H groups in total. The normalized spacial score (nSPS) is 10.4. The molecule has 0 fully saturated rings. The van der Waals surface area contributed by atoms with Gasteiger partial charge in [-0.1, -0.05) is 49.2 Å². The lowest BCUT2D eigenvalue weighted by atomic mass is 10.0. The van der Waals surface area contributed by atoms with E-state index in [0.717, 1.165) is 18.5 Å². The summed E-state index contributed by atoms with van der Waals surface area (Å²) in [6.45, 7) is 4.31. The Labute approximate surface area is 97.2 Å². The first-order valence-electron chi connectivity index (χ1n) is 5.82. The molecule has 0 unspecified atom stereocenters. The molecule has 0 aliphatic rings. The van der Waals surface area contributed by atoms with Crippen molar-refractivity contribution in [2.45, 2.75) is 26.7 Å². The molecule has 0 saturated heterocycles. The fourth-order valence-corrected chi connectivity index (χ4v) is 1.88. The Balaban J connectivity index is 2.42. The molecule has 0 amide bonds. The minimum absolute atomic E-state index is 1.09. The van der Waals surface area contributed by atoms with Gasteiger partial charge in [0.25, 0.3) is 0 Å². The molecule has 0 atom stereocenters. The van der Waals surface area contributed by atoms with Crippen LogP contribution >= 0.6 is 0 Å². The van der Waals surface area contributed by atoms with Crippen molar-refractivity contribution in [2.24, 2.45) is 0 Å². The third-order valence-corrected chi connectivity index (χ3v) is 2.74. The van der Waals surface area contributed by atoms with Crippen molar-refractivity contribution >= 4 is 0 Å². The van der Waals surface area contributed by atoms with Crippen LogP contribution in [0.25, 0.3) is 11.3 Å². The van der Waals surface area contributed by atoms with Gasteiger partial charge in [-0.2, -0.15) is 0 Å². The highest BCUT2D eigenvalue weighted by Gasteiger charge is 2.04. The summed E-state index contributed by atoms with van der Waals surface area (Å²) in [5, 5.41) is 0. The van der Waals surface area contributed by atoms with Crippen LogP contribution in [0.5, 0.6) is 0 Å². The predicted octanol–water partition coefficient (Wildman–Crippen LogP) is 4.01. The lowest BCUT2D eigenvalue weighted by molar-refractivity contribution is 0.916. The molecule has 0 spiro atoms. The van der Waals surface area contributed by atoms with Gasteiger partial charge in [-0.3, -0.25) is 4.98 Å². The fraction of sp³-hybridized carbons (Fsp3) is 0.267. The van der Waals surface area contributed by atoms with Crippen molar-refractivity contribution in [3.05, 3.63) is 53.7 Å². The Morgan fingerprint density at radius 1 is 1.06 bits per heavy atom. The molecular formula is C15H17N. The Hall–Kier alpha value is -1.63. The van der Waals surface area contributed by atoms with E-state index in [0.29, 0.717) is 0 Å². The quantitative estimate of drug-likeness (QED) is 0.747. The van der Waals surface area contributed by atoms with E-state index in [2.05, 4.69) is 49.2 Å². The van der Waals surface area contributed by atoms with Crippen molar-refractivity contribution in [3.8, 4) is 11.3 Å². The zero-order valence-corrected chi connectivity index (χ0v) is 9.90. The molecule has 0 aliphatic carbocycles. The molecule has 2 rings (SSSR count). The third kappa shape index (κ3) is 2.30. The van der Waals surface area contributed by atoms with Crippen LogP contribution in [0.2, 0.25) is 0 Å². The maximum absolute atomic E-state index is 4.50. The summed E-state index contributed by atoms with van der Waals surface area (Å²) in [6, 6.07) is 12.8. The molecule has 1 heterocycles. The molecule has 1 heteroatoms. The second-order valence-corrected chi connectivity index (χ2v) is 4.13. The van der Waals surface area contributed by atoms with Crippen molar-refractivity contribution in [1.82, 2.24) is 4.98 Å². The molecule has 0 radical (unpaired) electrons. The molecule has 82 valence electrons. The van der Waals surface area contributed by atoms with Crippen molar-refractivity contribution < 1.29 is 0 Å². The Morgan fingerprint density at radius 2 is 1.81 bits per heavy atom. The summed E-state index contributed by atoms with van der Waals surface area (Å²) in [5.74, 6) is 0. The van der Waals surface area contributed by atoms with Gasteiger partial charge in [0.15, 0.2) is 0 Å². The Kier molecular flexibility index (Phi) is 3.35. The van der Waals surface area contributed by atoms with Gasteiger partial charge in [0.2, 0.25) is 0 Å². The van der Waals surface area contributed by atoms with Crippen molar-refractivity contribution in [3.63, 3.8) is 0 Å². The number of hydrogen-bond acceptors (Lipinski definition) is 1. The van der Waals surface area contributed by atoms with E-state index >= 15 is 0 Å². The van der Waals surface area contributed by atoms with Crippen LogP contribution in [0.4, 0.5) is 0 Å². The largest absolute Gasteiger partial charge is 0.256 e. The first kappa shape index (κ1) is 10.9. The van der Waals surface area contributed by atoms with Gasteiger partial charge >= 0.3 is 0 Å². The summed E-state index contributed by atoms with van der Waals surface area (Å²) in [7, 11) is 0. The van der Waals surface area contributed by atoms with E-state index in [4.69, 9.17) is 0 Å². The summed E-state index contributed by atoms with van der Waals surface area (Å²) < 4.78 is 0. The molecule has 0 bridgehead atoms. The zero-order valence-electron chi connectivity index (χ0n) is 9.90. The number of pyridine rings is 1. The topological polar surface area (TPSA) is 12.9 Å². The van der Waals surface area contributed by atoms with Gasteiger partial charge in [-0.15, -0.1) is 0 Å². The zero-order chi connectivity index (χ0) is 11.4. The average molecular weight is 211 g/mol. The molecule has 1 nitrogen and oxygen atoms in total. The van der Waals surface area contributed by atoms with E-state index in [1.54, 1.807) is 0 Å². The molecule has 0 saturated carbocycles. The van der Waals surface area contributed by atoms with Crippen LogP contribution in [0.1, 0.15) is 24.5 Å². The number of hydrogen-bond donors (Lipinski definition) is 0. The smallest absolute Gasteiger partial charge is 0.0733 e. The van der Waals surface area contributed by atoms with E-state index in [-0.39, 0.29) is 0 Å². The van der Waals surface area contributed by atoms with E-state index in [1.165, 1.54) is 16.7 Å². The van der Waals surface area contributed by atoms with Gasteiger partial charge in [-0.25, -0.2) is 0 Å². The standard InChI is InChI=1S/C15H17N/c1-3-5-13-6-4-11-16-15(13)14-9-7-12(2)8-10-14/h4,6-11H,3,5H2,1-2H3. The molecule has 1 aromatic carbocycles. The van der Waals surface area contributed by atoms with Gasteiger partial charge in [0, 0.05) is 11.8 Å². The molecule has 16 heavy (non-hydrogen) atoms. The van der Waals surface area contributed by atoms with Crippen LogP contribution in [-0.4, -0.2) is 4.98 Å². The lowest BCUT2D eigenvalue weighted by Crippen LogP contribution is -1.92. The van der Waals surface area contributed by atoms with E-state index < -0.39 is 0 Å². The van der Waals surface area contributed by atoms with Crippen LogP contribution < -0.4 is 0 Å². The predicted molar refractivity (Wildman–Crippen MR) is 68.4 cm³/mol. The van der Waals surface area contributed by atoms with Gasteiger partial charge < -0.3 is 0 Å². The summed E-state index contributed by atoms with van der Waals surface area (Å²) in [6.07, 6.45) is 4.12. The third-order valence-electron chi connectivity index (χ3n) is 2.74. The maximum Gasteiger partial charge on any atom is 0.0733 e. The minimum atomic E-state index is 1.09. The van der Waals surface area contributed by atoms with E-state index in [1.807, 2.05) is 12.3 Å². The van der Waals surface area contributed by atoms with Crippen molar-refractivity contribution in [2.75, 3.05) is 0 Å². The number of nitrogens with zero attached hydrogens (tertiary/aromatic N) is 1. The second kappa shape index (κ2) is 4.93. The van der Waals surface area contributed by atoms with Crippen LogP contribution in [0.3, 0.4) is 0 Å². The van der Waals surface area contributed by atoms with Gasteiger partial charge in [0.1, 0.15) is 0 Å². The second-order valence-electron chi connectivity index (χ2n) is 4.13. The van der Waals surface area contributed by atoms with Gasteiger partial charge in [-0.05, 0) is 25.0 Å². The molecular weight excluding hydrogens is 194 g/mol. The molecule has 1 aromatic heterocycles. The summed E-state index contributed by atoms with van der Waals surface area (Å²) >= 11 is 0. The SMILES string of the molecule is CCCc1cccnc1-c1ccc(C)cc1. The summed E-state index contributed by atoms with van der Waals surface area (Å²) in [4.78, 5) is 4.50. The highest BCUT2D eigenvalue weighted by Crippen LogP contribution is 2.22. The number of benzene rings is 1. The Bertz CT molecular complexity index is 457. The fourth-order valence-electron chi connectivity index (χ4n) is 1.88.